The lowest BCUT2D eigenvalue weighted by molar-refractivity contribution is 1.35. The molecule has 48 heavy (non-hydrogen) atoms. The summed E-state index contributed by atoms with van der Waals surface area (Å²) in [6.07, 6.45) is 1.88. The summed E-state index contributed by atoms with van der Waals surface area (Å²) in [5.74, 6) is 0. The Morgan fingerprint density at radius 3 is 1.60 bits per heavy atom. The smallest absolute Gasteiger partial charge is 0.0979 e. The second kappa shape index (κ2) is 10.5. The molecule has 4 aromatic heterocycles. The Kier molecular flexibility index (Phi) is 5.84. The standard InChI is InChI=1S/C44H26N4/c1-4-12-30-29(11-1)25-36(32-14-6-5-13-31(30)32)42-26-37(41-22-18-28-10-3-8-16-39(28)47-41)35-20-19-34-33(23-24-45-43(34)44(35)48-42)40-21-17-27-9-2-7-15-38(27)46-40/h1-26H. The minimum Gasteiger partial charge on any atom is -0.254 e. The van der Waals surface area contributed by atoms with Crippen molar-refractivity contribution in [3.8, 4) is 33.8 Å². The highest BCUT2D eigenvalue weighted by atomic mass is 14.8. The van der Waals surface area contributed by atoms with E-state index >= 15 is 0 Å². The van der Waals surface area contributed by atoms with E-state index in [1.807, 2.05) is 30.5 Å². The molecule has 0 unspecified atom stereocenters. The zero-order valence-corrected chi connectivity index (χ0v) is 25.8. The highest BCUT2D eigenvalue weighted by molar-refractivity contribution is 6.16. The summed E-state index contributed by atoms with van der Waals surface area (Å²) in [4.78, 5) is 20.6. The van der Waals surface area contributed by atoms with Crippen molar-refractivity contribution in [1.29, 1.82) is 0 Å². The maximum Gasteiger partial charge on any atom is 0.0979 e. The number of benzene rings is 6. The third-order valence-electron chi connectivity index (χ3n) is 9.48. The number of aromatic nitrogens is 4. The molecule has 10 rings (SSSR count). The molecule has 4 heterocycles. The largest absolute Gasteiger partial charge is 0.254 e. The van der Waals surface area contributed by atoms with Gasteiger partial charge in [-0.25, -0.2) is 15.0 Å². The van der Waals surface area contributed by atoms with E-state index in [-0.39, 0.29) is 0 Å². The predicted octanol–water partition coefficient (Wildman–Crippen LogP) is 11.2. The van der Waals surface area contributed by atoms with Crippen molar-refractivity contribution >= 4 is 65.2 Å². The van der Waals surface area contributed by atoms with Crippen LogP contribution in [-0.4, -0.2) is 19.9 Å². The monoisotopic (exact) mass is 610 g/mol. The summed E-state index contributed by atoms with van der Waals surface area (Å²) in [5.41, 5.74) is 9.44. The minimum atomic E-state index is 0.842. The van der Waals surface area contributed by atoms with Crippen LogP contribution in [0.4, 0.5) is 0 Å². The first kappa shape index (κ1) is 26.7. The van der Waals surface area contributed by atoms with E-state index in [0.29, 0.717) is 0 Å². The van der Waals surface area contributed by atoms with Crippen LogP contribution in [0, 0.1) is 0 Å². The SMILES string of the molecule is c1ccc2nc(-c3ccnc4c3ccc3c(-c5ccc6ccccc6n5)cc(-c5cc6ccccc6c6ccccc56)nc34)ccc2c1. The predicted molar refractivity (Wildman–Crippen MR) is 199 cm³/mol. The van der Waals surface area contributed by atoms with Gasteiger partial charge in [-0.05, 0) is 64.0 Å². The van der Waals surface area contributed by atoms with E-state index < -0.39 is 0 Å². The number of hydrogen-bond acceptors (Lipinski definition) is 4. The van der Waals surface area contributed by atoms with Gasteiger partial charge in [-0.15, -0.1) is 0 Å². The highest BCUT2D eigenvalue weighted by Crippen LogP contribution is 2.40. The van der Waals surface area contributed by atoms with Crippen molar-refractivity contribution in [3.63, 3.8) is 0 Å². The van der Waals surface area contributed by atoms with Crippen LogP contribution in [0.15, 0.2) is 158 Å². The number of hydrogen-bond donors (Lipinski definition) is 0. The van der Waals surface area contributed by atoms with Crippen LogP contribution >= 0.6 is 0 Å². The number of nitrogens with zero attached hydrogens (tertiary/aromatic N) is 4. The van der Waals surface area contributed by atoms with Gasteiger partial charge in [-0.1, -0.05) is 109 Å². The zero-order valence-electron chi connectivity index (χ0n) is 25.8. The molecular formula is C44H26N4. The fourth-order valence-electron chi connectivity index (χ4n) is 7.17. The van der Waals surface area contributed by atoms with Crippen molar-refractivity contribution in [2.75, 3.05) is 0 Å². The van der Waals surface area contributed by atoms with E-state index in [1.165, 1.54) is 16.2 Å². The van der Waals surface area contributed by atoms with Gasteiger partial charge in [0.25, 0.3) is 0 Å². The number of pyridine rings is 4. The van der Waals surface area contributed by atoms with Gasteiger partial charge in [0, 0.05) is 44.4 Å². The molecule has 10 aromatic rings. The molecule has 0 N–H and O–H groups in total. The molecule has 0 spiro atoms. The van der Waals surface area contributed by atoms with E-state index in [2.05, 4.69) is 127 Å². The van der Waals surface area contributed by atoms with Crippen LogP contribution in [0.1, 0.15) is 0 Å². The van der Waals surface area contributed by atoms with Gasteiger partial charge >= 0.3 is 0 Å². The third kappa shape index (κ3) is 4.16. The van der Waals surface area contributed by atoms with Crippen molar-refractivity contribution in [3.05, 3.63) is 158 Å². The Morgan fingerprint density at radius 2 is 0.875 bits per heavy atom. The molecule has 0 aliphatic carbocycles. The topological polar surface area (TPSA) is 51.6 Å². The Bertz CT molecular complexity index is 2910. The van der Waals surface area contributed by atoms with Crippen LogP contribution in [0.3, 0.4) is 0 Å². The molecule has 0 radical (unpaired) electrons. The van der Waals surface area contributed by atoms with Gasteiger partial charge in [0.2, 0.25) is 0 Å². The molecule has 4 nitrogen and oxygen atoms in total. The molecule has 0 aliphatic heterocycles. The molecule has 0 aliphatic rings. The van der Waals surface area contributed by atoms with E-state index in [4.69, 9.17) is 19.9 Å². The highest BCUT2D eigenvalue weighted by Gasteiger charge is 2.18. The third-order valence-corrected chi connectivity index (χ3v) is 9.48. The fraction of sp³-hybridized carbons (Fsp3) is 0. The molecule has 0 atom stereocenters. The summed E-state index contributed by atoms with van der Waals surface area (Å²) in [6.45, 7) is 0. The zero-order chi connectivity index (χ0) is 31.6. The van der Waals surface area contributed by atoms with E-state index in [1.54, 1.807) is 0 Å². The molecule has 0 saturated heterocycles. The molecule has 4 heteroatoms. The first-order valence-electron chi connectivity index (χ1n) is 16.1. The number of rotatable bonds is 3. The minimum absolute atomic E-state index is 0.842. The van der Waals surface area contributed by atoms with Gasteiger partial charge in [-0.2, -0.15) is 0 Å². The molecular weight excluding hydrogens is 585 g/mol. The summed E-state index contributed by atoms with van der Waals surface area (Å²) in [6, 6.07) is 53.0. The lowest BCUT2D eigenvalue weighted by Gasteiger charge is -2.15. The Balaban J connectivity index is 1.30. The van der Waals surface area contributed by atoms with Crippen molar-refractivity contribution in [1.82, 2.24) is 19.9 Å². The van der Waals surface area contributed by atoms with Crippen LogP contribution in [-0.2, 0) is 0 Å². The average molecular weight is 611 g/mol. The number of fused-ring (bicyclic) bond motifs is 8. The Labute approximate surface area is 276 Å². The second-order valence-corrected chi connectivity index (χ2v) is 12.2. The average Bonchev–Trinajstić information content (AvgIpc) is 3.16. The fourth-order valence-corrected chi connectivity index (χ4v) is 7.17. The molecule has 0 fully saturated rings. The van der Waals surface area contributed by atoms with Crippen molar-refractivity contribution in [2.45, 2.75) is 0 Å². The summed E-state index contributed by atoms with van der Waals surface area (Å²) < 4.78 is 0. The lowest BCUT2D eigenvalue weighted by Crippen LogP contribution is -1.96. The van der Waals surface area contributed by atoms with Gasteiger partial charge in [0.15, 0.2) is 0 Å². The van der Waals surface area contributed by atoms with Crippen molar-refractivity contribution < 1.29 is 0 Å². The number of para-hydroxylation sites is 2. The van der Waals surface area contributed by atoms with Crippen LogP contribution < -0.4 is 0 Å². The Hall–Kier alpha value is -6.52. The van der Waals surface area contributed by atoms with Gasteiger partial charge in [0.05, 0.1) is 39.1 Å². The quantitative estimate of drug-likeness (QED) is 0.187. The molecule has 0 bridgehead atoms. The Morgan fingerprint density at radius 1 is 0.312 bits per heavy atom. The van der Waals surface area contributed by atoms with Gasteiger partial charge < -0.3 is 0 Å². The van der Waals surface area contributed by atoms with Gasteiger partial charge in [0.1, 0.15) is 0 Å². The molecule has 0 amide bonds. The normalized spacial score (nSPS) is 11.8. The second-order valence-electron chi connectivity index (χ2n) is 12.2. The first-order valence-corrected chi connectivity index (χ1v) is 16.1. The first-order chi connectivity index (χ1) is 23.8. The molecule has 0 saturated carbocycles. The summed E-state index contributed by atoms with van der Waals surface area (Å²) >= 11 is 0. The van der Waals surface area contributed by atoms with Gasteiger partial charge in [-0.3, -0.25) is 4.98 Å². The molecule has 6 aromatic carbocycles. The maximum atomic E-state index is 5.45. The van der Waals surface area contributed by atoms with E-state index in [9.17, 15) is 0 Å². The lowest BCUT2D eigenvalue weighted by atomic mass is 9.93. The van der Waals surface area contributed by atoms with Crippen LogP contribution in [0.2, 0.25) is 0 Å². The summed E-state index contributed by atoms with van der Waals surface area (Å²) in [5, 5.41) is 9.03. The van der Waals surface area contributed by atoms with E-state index in [0.717, 1.165) is 82.8 Å². The summed E-state index contributed by atoms with van der Waals surface area (Å²) in [7, 11) is 0. The van der Waals surface area contributed by atoms with Crippen molar-refractivity contribution in [2.24, 2.45) is 0 Å². The van der Waals surface area contributed by atoms with Crippen LogP contribution in [0.25, 0.3) is 98.9 Å². The molecule has 222 valence electrons. The maximum absolute atomic E-state index is 5.45. The van der Waals surface area contributed by atoms with Crippen LogP contribution in [0.5, 0.6) is 0 Å².